The molecular formula is C21H26N4O3. The van der Waals surface area contributed by atoms with E-state index in [-0.39, 0.29) is 5.91 Å². The van der Waals surface area contributed by atoms with E-state index in [0.717, 1.165) is 35.6 Å². The Bertz CT molecular complexity index is 851. The summed E-state index contributed by atoms with van der Waals surface area (Å²) >= 11 is 0. The first kappa shape index (κ1) is 19.5. The van der Waals surface area contributed by atoms with Crippen LogP contribution in [-0.4, -0.2) is 45.7 Å². The second-order valence-electron chi connectivity index (χ2n) is 6.37. The average molecular weight is 382 g/mol. The van der Waals surface area contributed by atoms with Crippen molar-refractivity contribution in [2.75, 3.05) is 39.2 Å². The largest absolute Gasteiger partial charge is 0.490 e. The smallest absolute Gasteiger partial charge is 0.251 e. The quantitative estimate of drug-likeness (QED) is 0.546. The Morgan fingerprint density at radius 2 is 1.93 bits per heavy atom. The summed E-state index contributed by atoms with van der Waals surface area (Å²) in [5, 5.41) is 9.19. The standard InChI is InChI=1S/C21H26N4O3/c1-22-20(26)16-6-3-5-15(13-16)9-10-24-21(23-2)25-17-7-8-18-19(14-17)28-12-4-11-27-18/h3,5-8,13-14H,4,9-12H2,1-2H3,(H,22,26)(H2,23,24,25). The maximum Gasteiger partial charge on any atom is 0.251 e. The molecule has 0 bridgehead atoms. The van der Waals surface area contributed by atoms with Crippen molar-refractivity contribution >= 4 is 17.6 Å². The number of guanidine groups is 1. The molecule has 28 heavy (non-hydrogen) atoms. The Kier molecular flexibility index (Phi) is 6.73. The Morgan fingerprint density at radius 1 is 1.11 bits per heavy atom. The van der Waals surface area contributed by atoms with Crippen molar-refractivity contribution in [1.29, 1.82) is 0 Å². The van der Waals surface area contributed by atoms with Gasteiger partial charge in [-0.3, -0.25) is 9.79 Å². The maximum absolute atomic E-state index is 11.7. The van der Waals surface area contributed by atoms with Gasteiger partial charge in [0, 0.05) is 44.4 Å². The molecule has 0 aromatic heterocycles. The van der Waals surface area contributed by atoms with Crippen LogP contribution in [0.2, 0.25) is 0 Å². The van der Waals surface area contributed by atoms with E-state index in [0.29, 0.717) is 31.3 Å². The van der Waals surface area contributed by atoms with Gasteiger partial charge in [-0.2, -0.15) is 0 Å². The fourth-order valence-electron chi connectivity index (χ4n) is 2.89. The molecule has 1 aliphatic heterocycles. The lowest BCUT2D eigenvalue weighted by Crippen LogP contribution is -2.32. The number of rotatable bonds is 5. The molecule has 3 N–H and O–H groups in total. The molecule has 0 radical (unpaired) electrons. The summed E-state index contributed by atoms with van der Waals surface area (Å²) in [6.45, 7) is 2.00. The lowest BCUT2D eigenvalue weighted by atomic mass is 10.1. The van der Waals surface area contributed by atoms with E-state index in [9.17, 15) is 4.79 Å². The van der Waals surface area contributed by atoms with Crippen molar-refractivity contribution in [2.45, 2.75) is 12.8 Å². The molecule has 0 aliphatic carbocycles. The fraction of sp³-hybridized carbons (Fsp3) is 0.333. The molecule has 7 nitrogen and oxygen atoms in total. The van der Waals surface area contributed by atoms with Gasteiger partial charge in [0.1, 0.15) is 0 Å². The monoisotopic (exact) mass is 382 g/mol. The van der Waals surface area contributed by atoms with Crippen LogP contribution >= 0.6 is 0 Å². The van der Waals surface area contributed by atoms with Gasteiger partial charge in [-0.1, -0.05) is 12.1 Å². The summed E-state index contributed by atoms with van der Waals surface area (Å²) in [5.74, 6) is 2.09. The topological polar surface area (TPSA) is 84.0 Å². The zero-order chi connectivity index (χ0) is 19.8. The predicted molar refractivity (Wildman–Crippen MR) is 111 cm³/mol. The lowest BCUT2D eigenvalue weighted by molar-refractivity contribution is 0.0963. The Hall–Kier alpha value is -3.22. The number of ether oxygens (including phenoxy) is 2. The first-order chi connectivity index (χ1) is 13.7. The van der Waals surface area contributed by atoms with E-state index < -0.39 is 0 Å². The van der Waals surface area contributed by atoms with Gasteiger partial charge in [0.05, 0.1) is 13.2 Å². The van der Waals surface area contributed by atoms with E-state index in [1.54, 1.807) is 20.2 Å². The third-order valence-electron chi connectivity index (χ3n) is 4.36. The van der Waals surface area contributed by atoms with Crippen LogP contribution in [0.25, 0.3) is 0 Å². The number of aliphatic imine (C=N–C) groups is 1. The average Bonchev–Trinajstić information content (AvgIpc) is 2.97. The molecule has 1 aliphatic rings. The number of hydrogen-bond acceptors (Lipinski definition) is 4. The first-order valence-electron chi connectivity index (χ1n) is 9.38. The highest BCUT2D eigenvalue weighted by molar-refractivity contribution is 5.94. The van der Waals surface area contributed by atoms with Crippen molar-refractivity contribution in [2.24, 2.45) is 4.99 Å². The molecule has 2 aromatic rings. The Morgan fingerprint density at radius 3 is 2.71 bits per heavy atom. The predicted octanol–water partition coefficient (Wildman–Crippen LogP) is 2.44. The molecule has 0 unspecified atom stereocenters. The molecule has 0 saturated carbocycles. The minimum absolute atomic E-state index is 0.0818. The number of benzene rings is 2. The molecule has 2 aromatic carbocycles. The third-order valence-corrected chi connectivity index (χ3v) is 4.36. The molecule has 0 saturated heterocycles. The highest BCUT2D eigenvalue weighted by atomic mass is 16.5. The van der Waals surface area contributed by atoms with Gasteiger partial charge in [-0.15, -0.1) is 0 Å². The highest BCUT2D eigenvalue weighted by Gasteiger charge is 2.11. The zero-order valence-electron chi connectivity index (χ0n) is 16.2. The van der Waals surface area contributed by atoms with E-state index >= 15 is 0 Å². The molecule has 7 heteroatoms. The normalized spacial score (nSPS) is 13.4. The number of fused-ring (bicyclic) bond motifs is 1. The summed E-state index contributed by atoms with van der Waals surface area (Å²) in [7, 11) is 3.36. The van der Waals surface area contributed by atoms with Crippen LogP contribution in [0.4, 0.5) is 5.69 Å². The molecule has 148 valence electrons. The maximum atomic E-state index is 11.7. The number of hydrogen-bond donors (Lipinski definition) is 3. The molecule has 0 fully saturated rings. The van der Waals surface area contributed by atoms with E-state index in [1.165, 1.54) is 0 Å². The van der Waals surface area contributed by atoms with Crippen molar-refractivity contribution in [3.05, 3.63) is 53.6 Å². The van der Waals surface area contributed by atoms with Crippen LogP contribution in [0.1, 0.15) is 22.3 Å². The van der Waals surface area contributed by atoms with Gasteiger partial charge in [-0.25, -0.2) is 0 Å². The van der Waals surface area contributed by atoms with E-state index in [1.807, 2.05) is 36.4 Å². The summed E-state index contributed by atoms with van der Waals surface area (Å²) < 4.78 is 11.4. The number of carbonyl (C=O) groups excluding carboxylic acids is 1. The zero-order valence-corrected chi connectivity index (χ0v) is 16.2. The molecule has 0 atom stereocenters. The summed E-state index contributed by atoms with van der Waals surface area (Å²) in [6, 6.07) is 13.4. The first-order valence-corrected chi connectivity index (χ1v) is 9.38. The van der Waals surface area contributed by atoms with Gasteiger partial charge in [0.2, 0.25) is 0 Å². The van der Waals surface area contributed by atoms with Gasteiger partial charge in [-0.05, 0) is 36.2 Å². The van der Waals surface area contributed by atoms with Crippen molar-refractivity contribution < 1.29 is 14.3 Å². The van der Waals surface area contributed by atoms with Crippen LogP contribution in [-0.2, 0) is 6.42 Å². The third kappa shape index (κ3) is 5.16. The van der Waals surface area contributed by atoms with Crippen LogP contribution in [0, 0.1) is 0 Å². The van der Waals surface area contributed by atoms with Crippen molar-refractivity contribution in [3.63, 3.8) is 0 Å². The molecular weight excluding hydrogens is 356 g/mol. The SMILES string of the molecule is CN=C(NCCc1cccc(C(=O)NC)c1)Nc1ccc2c(c1)OCCCO2. The van der Waals surface area contributed by atoms with Gasteiger partial charge < -0.3 is 25.4 Å². The Balaban J connectivity index is 1.55. The number of nitrogens with one attached hydrogen (secondary N) is 3. The van der Waals surface area contributed by atoms with Crippen molar-refractivity contribution in [1.82, 2.24) is 10.6 Å². The van der Waals surface area contributed by atoms with Gasteiger partial charge >= 0.3 is 0 Å². The minimum atomic E-state index is -0.0818. The lowest BCUT2D eigenvalue weighted by Gasteiger charge is -2.14. The van der Waals surface area contributed by atoms with Crippen molar-refractivity contribution in [3.8, 4) is 11.5 Å². The minimum Gasteiger partial charge on any atom is -0.490 e. The summed E-state index contributed by atoms with van der Waals surface area (Å²) in [5.41, 5.74) is 2.62. The van der Waals surface area contributed by atoms with Gasteiger partial charge in [0.15, 0.2) is 17.5 Å². The molecule has 1 amide bonds. The molecule has 0 spiro atoms. The summed E-state index contributed by atoms with van der Waals surface area (Å²) in [6.07, 6.45) is 1.65. The second kappa shape index (κ2) is 9.64. The van der Waals surface area contributed by atoms with Crippen LogP contribution in [0.3, 0.4) is 0 Å². The second-order valence-corrected chi connectivity index (χ2v) is 6.37. The van der Waals surface area contributed by atoms with E-state index in [4.69, 9.17) is 9.47 Å². The van der Waals surface area contributed by atoms with Crippen LogP contribution < -0.4 is 25.4 Å². The summed E-state index contributed by atoms with van der Waals surface area (Å²) in [4.78, 5) is 16.0. The van der Waals surface area contributed by atoms with Crippen LogP contribution in [0.5, 0.6) is 11.5 Å². The number of amides is 1. The number of anilines is 1. The fourth-order valence-corrected chi connectivity index (χ4v) is 2.89. The van der Waals surface area contributed by atoms with Gasteiger partial charge in [0.25, 0.3) is 5.91 Å². The molecule has 3 rings (SSSR count). The van der Waals surface area contributed by atoms with Crippen LogP contribution in [0.15, 0.2) is 47.5 Å². The van der Waals surface area contributed by atoms with E-state index in [2.05, 4.69) is 20.9 Å². The number of nitrogens with zero attached hydrogens (tertiary/aromatic N) is 1. The number of carbonyl (C=O) groups is 1. The highest BCUT2D eigenvalue weighted by Crippen LogP contribution is 2.32. The Labute approximate surface area is 165 Å². The molecule has 1 heterocycles.